The number of hydrogen-bond donors (Lipinski definition) is 0. The lowest BCUT2D eigenvalue weighted by Crippen LogP contribution is -1.89. The predicted molar refractivity (Wildman–Crippen MR) is 59.3 cm³/mol. The van der Waals surface area contributed by atoms with Crippen molar-refractivity contribution in [2.24, 2.45) is 0 Å². The zero-order valence-corrected chi connectivity index (χ0v) is 10.9. The Balaban J connectivity index is 2.49. The van der Waals surface area contributed by atoms with Crippen molar-refractivity contribution in [1.29, 1.82) is 0 Å². The first kappa shape index (κ1) is 9.16. The molecule has 1 aromatic heterocycles. The first-order valence-electron chi connectivity index (χ1n) is 3.69. The minimum atomic E-state index is 0.684. The minimum Gasteiger partial charge on any atom is -0.259 e. The molecule has 2 rings (SSSR count). The zero-order valence-electron chi connectivity index (χ0n) is 6.15. The van der Waals surface area contributed by atoms with Gasteiger partial charge in [-0.05, 0) is 60.6 Å². The molecular weight excluding hydrogens is 350 g/mol. The van der Waals surface area contributed by atoms with Crippen molar-refractivity contribution in [3.8, 4) is 0 Å². The van der Waals surface area contributed by atoms with Crippen LogP contribution in [-0.2, 0) is 0 Å². The Bertz CT molecular complexity index is 320. The predicted octanol–water partition coefficient (Wildman–Crippen LogP) is 4.25. The molecule has 1 heterocycles. The number of pyridine rings is 1. The molecule has 0 amide bonds. The maximum Gasteiger partial charge on any atom is 0.0588 e. The molecule has 1 nitrogen and oxygen atoms in total. The van der Waals surface area contributed by atoms with Gasteiger partial charge >= 0.3 is 0 Å². The van der Waals surface area contributed by atoms with Crippen LogP contribution < -0.4 is 0 Å². The van der Waals surface area contributed by atoms with Gasteiger partial charge in [-0.15, -0.1) is 0 Å². The largest absolute Gasteiger partial charge is 0.259 e. The standard InChI is InChI=1S/C8H6Br3N/c9-5-3-12-8(4-1-2-4)7(11)6(5)10/h3-4H,1-2H2. The van der Waals surface area contributed by atoms with Gasteiger partial charge < -0.3 is 0 Å². The van der Waals surface area contributed by atoms with Gasteiger partial charge in [0.15, 0.2) is 0 Å². The quantitative estimate of drug-likeness (QED) is 0.734. The summed E-state index contributed by atoms with van der Waals surface area (Å²) in [6, 6.07) is 0. The van der Waals surface area contributed by atoms with Crippen LogP contribution in [-0.4, -0.2) is 4.98 Å². The van der Waals surface area contributed by atoms with Crippen molar-refractivity contribution in [1.82, 2.24) is 4.98 Å². The Hall–Kier alpha value is 0.590. The Morgan fingerprint density at radius 3 is 2.42 bits per heavy atom. The lowest BCUT2D eigenvalue weighted by atomic mass is 10.2. The van der Waals surface area contributed by atoms with Crippen LogP contribution in [0.2, 0.25) is 0 Å². The molecule has 0 unspecified atom stereocenters. The van der Waals surface area contributed by atoms with Gasteiger partial charge in [0, 0.05) is 16.6 Å². The van der Waals surface area contributed by atoms with E-state index in [2.05, 4.69) is 52.8 Å². The lowest BCUT2D eigenvalue weighted by molar-refractivity contribution is 1.000. The summed E-state index contributed by atoms with van der Waals surface area (Å²) in [6.07, 6.45) is 4.40. The molecular formula is C8H6Br3N. The molecule has 0 bridgehead atoms. The van der Waals surface area contributed by atoms with Crippen molar-refractivity contribution >= 4 is 47.8 Å². The van der Waals surface area contributed by atoms with E-state index in [0.29, 0.717) is 5.92 Å². The topological polar surface area (TPSA) is 12.9 Å². The molecule has 0 aromatic carbocycles. The van der Waals surface area contributed by atoms with Gasteiger partial charge in [-0.1, -0.05) is 0 Å². The molecule has 0 N–H and O–H groups in total. The van der Waals surface area contributed by atoms with E-state index in [4.69, 9.17) is 0 Å². The van der Waals surface area contributed by atoms with Crippen LogP contribution in [0.1, 0.15) is 24.5 Å². The van der Waals surface area contributed by atoms with E-state index in [-0.39, 0.29) is 0 Å². The summed E-state index contributed by atoms with van der Waals surface area (Å²) in [4.78, 5) is 4.38. The highest BCUT2D eigenvalue weighted by Gasteiger charge is 2.28. The second-order valence-corrected chi connectivity index (χ2v) is 5.33. The van der Waals surface area contributed by atoms with Gasteiger partial charge in [-0.25, -0.2) is 0 Å². The van der Waals surface area contributed by atoms with Gasteiger partial charge in [-0.3, -0.25) is 4.98 Å². The van der Waals surface area contributed by atoms with Crippen LogP contribution in [0.15, 0.2) is 19.6 Å². The van der Waals surface area contributed by atoms with Gasteiger partial charge in [-0.2, -0.15) is 0 Å². The van der Waals surface area contributed by atoms with Crippen LogP contribution in [0.5, 0.6) is 0 Å². The second kappa shape index (κ2) is 3.39. The molecule has 0 saturated heterocycles. The normalized spacial score (nSPS) is 16.6. The number of hydrogen-bond acceptors (Lipinski definition) is 1. The van der Waals surface area contributed by atoms with E-state index in [0.717, 1.165) is 13.4 Å². The number of aromatic nitrogens is 1. The van der Waals surface area contributed by atoms with E-state index in [1.807, 2.05) is 6.20 Å². The van der Waals surface area contributed by atoms with Crippen molar-refractivity contribution in [3.63, 3.8) is 0 Å². The summed E-state index contributed by atoms with van der Waals surface area (Å²) in [5.74, 6) is 0.684. The average Bonchev–Trinajstić information content (AvgIpc) is 2.84. The highest BCUT2D eigenvalue weighted by atomic mass is 79.9. The fourth-order valence-electron chi connectivity index (χ4n) is 1.10. The Kier molecular flexibility index (Phi) is 2.58. The van der Waals surface area contributed by atoms with Crippen molar-refractivity contribution in [2.75, 3.05) is 0 Å². The highest BCUT2D eigenvalue weighted by Crippen LogP contribution is 2.45. The maximum absolute atomic E-state index is 4.38. The van der Waals surface area contributed by atoms with E-state index in [9.17, 15) is 0 Å². The summed E-state index contributed by atoms with van der Waals surface area (Å²) in [5, 5.41) is 0. The molecule has 0 atom stereocenters. The van der Waals surface area contributed by atoms with Crippen molar-refractivity contribution in [3.05, 3.63) is 25.3 Å². The molecule has 1 aromatic rings. The molecule has 64 valence electrons. The fraction of sp³-hybridized carbons (Fsp3) is 0.375. The third-order valence-corrected chi connectivity index (χ3v) is 5.20. The van der Waals surface area contributed by atoms with E-state index >= 15 is 0 Å². The number of nitrogens with zero attached hydrogens (tertiary/aromatic N) is 1. The molecule has 1 saturated carbocycles. The molecule has 0 aliphatic heterocycles. The number of rotatable bonds is 1. The smallest absolute Gasteiger partial charge is 0.0588 e. The SMILES string of the molecule is Brc1cnc(C2CC2)c(Br)c1Br. The molecule has 0 spiro atoms. The Morgan fingerprint density at radius 2 is 1.83 bits per heavy atom. The monoisotopic (exact) mass is 353 g/mol. The number of halogens is 3. The Labute approximate surface area is 96.3 Å². The maximum atomic E-state index is 4.38. The van der Waals surface area contributed by atoms with Crippen LogP contribution >= 0.6 is 47.8 Å². The third-order valence-electron chi connectivity index (χ3n) is 1.91. The molecule has 12 heavy (non-hydrogen) atoms. The zero-order chi connectivity index (χ0) is 8.72. The molecule has 1 aliphatic rings. The van der Waals surface area contributed by atoms with E-state index in [1.54, 1.807) is 0 Å². The van der Waals surface area contributed by atoms with Gasteiger partial charge in [0.2, 0.25) is 0 Å². The average molecular weight is 356 g/mol. The van der Waals surface area contributed by atoms with Crippen LogP contribution in [0, 0.1) is 0 Å². The van der Waals surface area contributed by atoms with Crippen LogP contribution in [0.25, 0.3) is 0 Å². The van der Waals surface area contributed by atoms with Gasteiger partial charge in [0.25, 0.3) is 0 Å². The second-order valence-electron chi connectivity index (χ2n) is 2.89. The highest BCUT2D eigenvalue weighted by molar-refractivity contribution is 9.14. The van der Waals surface area contributed by atoms with Crippen LogP contribution in [0.4, 0.5) is 0 Å². The fourth-order valence-corrected chi connectivity index (χ4v) is 2.61. The molecule has 1 fully saturated rings. The summed E-state index contributed by atoms with van der Waals surface area (Å²) >= 11 is 10.4. The third kappa shape index (κ3) is 1.61. The van der Waals surface area contributed by atoms with E-state index in [1.165, 1.54) is 18.5 Å². The summed E-state index contributed by atoms with van der Waals surface area (Å²) < 4.78 is 3.16. The van der Waals surface area contributed by atoms with Gasteiger partial charge in [0.1, 0.15) is 0 Å². The minimum absolute atomic E-state index is 0.684. The summed E-state index contributed by atoms with van der Waals surface area (Å²) in [7, 11) is 0. The van der Waals surface area contributed by atoms with Gasteiger partial charge in [0.05, 0.1) is 14.6 Å². The van der Waals surface area contributed by atoms with Crippen molar-refractivity contribution in [2.45, 2.75) is 18.8 Å². The molecule has 1 aliphatic carbocycles. The first-order valence-corrected chi connectivity index (χ1v) is 6.07. The van der Waals surface area contributed by atoms with Crippen LogP contribution in [0.3, 0.4) is 0 Å². The Morgan fingerprint density at radius 1 is 1.17 bits per heavy atom. The first-order chi connectivity index (χ1) is 5.70. The molecule has 0 radical (unpaired) electrons. The van der Waals surface area contributed by atoms with E-state index < -0.39 is 0 Å². The molecule has 4 heteroatoms. The summed E-state index contributed by atoms with van der Waals surface area (Å²) in [5.41, 5.74) is 1.19. The summed E-state index contributed by atoms with van der Waals surface area (Å²) in [6.45, 7) is 0. The van der Waals surface area contributed by atoms with Crippen molar-refractivity contribution < 1.29 is 0 Å². The lowest BCUT2D eigenvalue weighted by Gasteiger charge is -2.04.